The third kappa shape index (κ3) is 4.80. The lowest BCUT2D eigenvalue weighted by atomic mass is 10.3. The van der Waals surface area contributed by atoms with Crippen LogP contribution in [-0.2, 0) is 4.74 Å². The SMILES string of the molecule is c1ccc2c(c1)OCCCOc1ccccc1OCCOCCO2. The van der Waals surface area contributed by atoms with Crippen LogP contribution in [0.25, 0.3) is 0 Å². The van der Waals surface area contributed by atoms with Gasteiger partial charge < -0.3 is 23.7 Å². The molecular weight excluding hydrogens is 308 g/mol. The summed E-state index contributed by atoms with van der Waals surface area (Å²) in [5, 5.41) is 0. The van der Waals surface area contributed by atoms with Crippen LogP contribution in [0.1, 0.15) is 6.42 Å². The first-order valence-corrected chi connectivity index (χ1v) is 8.20. The van der Waals surface area contributed by atoms with Crippen molar-refractivity contribution < 1.29 is 23.7 Å². The summed E-state index contributed by atoms with van der Waals surface area (Å²) in [6, 6.07) is 15.3. The van der Waals surface area contributed by atoms with Crippen molar-refractivity contribution in [1.82, 2.24) is 0 Å². The van der Waals surface area contributed by atoms with Gasteiger partial charge in [-0.1, -0.05) is 24.3 Å². The fourth-order valence-corrected chi connectivity index (χ4v) is 2.32. The van der Waals surface area contributed by atoms with Gasteiger partial charge in [0.1, 0.15) is 13.2 Å². The number of para-hydroxylation sites is 4. The van der Waals surface area contributed by atoms with Gasteiger partial charge in [0.15, 0.2) is 23.0 Å². The average Bonchev–Trinajstić information content (AvgIpc) is 2.62. The van der Waals surface area contributed by atoms with Crippen molar-refractivity contribution in [2.75, 3.05) is 39.6 Å². The minimum Gasteiger partial charge on any atom is -0.490 e. The Balaban J connectivity index is 1.63. The molecule has 3 rings (SSSR count). The van der Waals surface area contributed by atoms with Crippen molar-refractivity contribution >= 4 is 0 Å². The quantitative estimate of drug-likeness (QED) is 0.741. The number of rotatable bonds is 0. The Hall–Kier alpha value is -2.40. The zero-order chi connectivity index (χ0) is 16.5. The summed E-state index contributed by atoms with van der Waals surface area (Å²) < 4.78 is 28.6. The largest absolute Gasteiger partial charge is 0.490 e. The van der Waals surface area contributed by atoms with Gasteiger partial charge in [-0.3, -0.25) is 0 Å². The van der Waals surface area contributed by atoms with E-state index in [0.717, 1.165) is 29.4 Å². The Morgan fingerprint density at radius 1 is 0.458 bits per heavy atom. The molecule has 0 saturated carbocycles. The van der Waals surface area contributed by atoms with E-state index < -0.39 is 0 Å². The summed E-state index contributed by atoms with van der Waals surface area (Å²) >= 11 is 0. The van der Waals surface area contributed by atoms with Crippen LogP contribution >= 0.6 is 0 Å². The van der Waals surface area contributed by atoms with Crippen LogP contribution in [0.5, 0.6) is 23.0 Å². The first-order chi connectivity index (χ1) is 11.9. The first-order valence-electron chi connectivity index (χ1n) is 8.20. The molecule has 0 spiro atoms. The summed E-state index contributed by atoms with van der Waals surface area (Å²) in [5.41, 5.74) is 0. The number of hydrogen-bond acceptors (Lipinski definition) is 5. The van der Waals surface area contributed by atoms with Gasteiger partial charge >= 0.3 is 0 Å². The molecule has 1 heterocycles. The van der Waals surface area contributed by atoms with Gasteiger partial charge in [0.25, 0.3) is 0 Å². The van der Waals surface area contributed by atoms with Crippen LogP contribution < -0.4 is 18.9 Å². The summed E-state index contributed by atoms with van der Waals surface area (Å²) in [6.07, 6.45) is 0.770. The molecule has 0 radical (unpaired) electrons. The van der Waals surface area contributed by atoms with E-state index in [4.69, 9.17) is 23.7 Å². The molecule has 2 aromatic carbocycles. The Kier molecular flexibility index (Phi) is 6.19. The number of ether oxygens (including phenoxy) is 5. The monoisotopic (exact) mass is 330 g/mol. The van der Waals surface area contributed by atoms with Crippen molar-refractivity contribution in [3.05, 3.63) is 48.5 Å². The van der Waals surface area contributed by atoms with Gasteiger partial charge in [-0.15, -0.1) is 0 Å². The Morgan fingerprint density at radius 3 is 1.25 bits per heavy atom. The molecule has 0 unspecified atom stereocenters. The molecule has 5 nitrogen and oxygen atoms in total. The van der Waals surface area contributed by atoms with E-state index in [2.05, 4.69) is 0 Å². The summed E-state index contributed by atoms with van der Waals surface area (Å²) in [5.74, 6) is 2.95. The summed E-state index contributed by atoms with van der Waals surface area (Å²) in [7, 11) is 0. The first kappa shape index (κ1) is 16.5. The predicted octanol–water partition coefficient (Wildman–Crippen LogP) is 3.32. The second kappa shape index (κ2) is 9.03. The highest BCUT2D eigenvalue weighted by molar-refractivity contribution is 5.40. The van der Waals surface area contributed by atoms with Gasteiger partial charge in [-0.05, 0) is 24.3 Å². The van der Waals surface area contributed by atoms with Gasteiger partial charge in [-0.2, -0.15) is 0 Å². The van der Waals surface area contributed by atoms with E-state index >= 15 is 0 Å². The Labute approximate surface area is 142 Å². The van der Waals surface area contributed by atoms with Crippen LogP contribution in [0.2, 0.25) is 0 Å². The second-order valence-electron chi connectivity index (χ2n) is 5.25. The summed E-state index contributed by atoms with van der Waals surface area (Å²) in [4.78, 5) is 0. The molecule has 0 saturated heterocycles. The third-order valence-electron chi connectivity index (χ3n) is 3.47. The fourth-order valence-electron chi connectivity index (χ4n) is 2.32. The van der Waals surface area contributed by atoms with E-state index in [1.807, 2.05) is 48.5 Å². The van der Waals surface area contributed by atoms with Crippen molar-refractivity contribution in [3.8, 4) is 23.0 Å². The van der Waals surface area contributed by atoms with Gasteiger partial charge in [0.2, 0.25) is 0 Å². The van der Waals surface area contributed by atoms with E-state index in [9.17, 15) is 0 Å². The lowest BCUT2D eigenvalue weighted by molar-refractivity contribution is 0.0739. The lowest BCUT2D eigenvalue weighted by Crippen LogP contribution is -2.13. The van der Waals surface area contributed by atoms with Crippen molar-refractivity contribution in [2.24, 2.45) is 0 Å². The smallest absolute Gasteiger partial charge is 0.161 e. The third-order valence-corrected chi connectivity index (χ3v) is 3.47. The van der Waals surface area contributed by atoms with Crippen LogP contribution in [0.4, 0.5) is 0 Å². The van der Waals surface area contributed by atoms with E-state index in [0.29, 0.717) is 39.6 Å². The summed E-state index contributed by atoms with van der Waals surface area (Å²) in [6.45, 7) is 3.05. The molecule has 1 aliphatic rings. The van der Waals surface area contributed by atoms with Crippen LogP contribution in [0.3, 0.4) is 0 Å². The fraction of sp³-hybridized carbons (Fsp3) is 0.368. The molecule has 0 bridgehead atoms. The topological polar surface area (TPSA) is 46.2 Å². The maximum absolute atomic E-state index is 5.80. The average molecular weight is 330 g/mol. The van der Waals surface area contributed by atoms with E-state index in [-0.39, 0.29) is 0 Å². The van der Waals surface area contributed by atoms with Gasteiger partial charge in [-0.25, -0.2) is 0 Å². The number of hydrogen-bond donors (Lipinski definition) is 0. The molecule has 0 aromatic heterocycles. The van der Waals surface area contributed by atoms with Crippen molar-refractivity contribution in [2.45, 2.75) is 6.42 Å². The van der Waals surface area contributed by atoms with Crippen molar-refractivity contribution in [1.29, 1.82) is 0 Å². The van der Waals surface area contributed by atoms with Crippen molar-refractivity contribution in [3.63, 3.8) is 0 Å². The van der Waals surface area contributed by atoms with E-state index in [1.54, 1.807) is 0 Å². The molecule has 1 aliphatic heterocycles. The molecule has 24 heavy (non-hydrogen) atoms. The maximum Gasteiger partial charge on any atom is 0.161 e. The highest BCUT2D eigenvalue weighted by Gasteiger charge is 2.07. The van der Waals surface area contributed by atoms with Crippen LogP contribution in [-0.4, -0.2) is 39.6 Å². The highest BCUT2D eigenvalue weighted by atomic mass is 16.6. The molecule has 5 heteroatoms. The zero-order valence-corrected chi connectivity index (χ0v) is 13.6. The minimum absolute atomic E-state index is 0.472. The molecule has 2 aromatic rings. The Morgan fingerprint density at radius 2 is 0.833 bits per heavy atom. The molecule has 0 N–H and O–H groups in total. The second-order valence-corrected chi connectivity index (χ2v) is 5.25. The Bertz CT molecular complexity index is 575. The predicted molar refractivity (Wildman–Crippen MR) is 90.3 cm³/mol. The van der Waals surface area contributed by atoms with E-state index in [1.165, 1.54) is 0 Å². The molecule has 0 atom stereocenters. The minimum atomic E-state index is 0.472. The van der Waals surface area contributed by atoms with Crippen LogP contribution in [0.15, 0.2) is 48.5 Å². The molecule has 128 valence electrons. The molecule has 0 fully saturated rings. The highest BCUT2D eigenvalue weighted by Crippen LogP contribution is 2.28. The zero-order valence-electron chi connectivity index (χ0n) is 13.6. The molecule has 0 aliphatic carbocycles. The maximum atomic E-state index is 5.80. The standard InChI is InChI=1S/C19H22O5/c1-3-8-18-16(6-1)21-10-5-11-22-17-7-2-4-9-19(17)24-15-13-20-12-14-23-18/h1-4,6-9H,5,10-15H2. The number of fused-ring (bicyclic) bond motifs is 2. The van der Waals surface area contributed by atoms with Gasteiger partial charge in [0.05, 0.1) is 26.4 Å². The van der Waals surface area contributed by atoms with Gasteiger partial charge in [0, 0.05) is 6.42 Å². The number of benzene rings is 2. The van der Waals surface area contributed by atoms with Crippen LogP contribution in [0, 0.1) is 0 Å². The lowest BCUT2D eigenvalue weighted by Gasteiger charge is -2.15. The normalized spacial score (nSPS) is 16.3. The molecular formula is C19H22O5. The molecule has 0 amide bonds.